The Hall–Kier alpha value is -1.14. The van der Waals surface area contributed by atoms with Crippen LogP contribution in [-0.4, -0.2) is 39.8 Å². The molecule has 1 aromatic heterocycles. The van der Waals surface area contributed by atoms with E-state index in [0.717, 1.165) is 19.4 Å². The van der Waals surface area contributed by atoms with Crippen LogP contribution in [0.1, 0.15) is 32.6 Å². The molecule has 0 aromatic carbocycles. The second-order valence-corrected chi connectivity index (χ2v) is 5.34. The molecule has 1 heterocycles. The van der Waals surface area contributed by atoms with Gasteiger partial charge in [-0.2, -0.15) is 15.0 Å². The molecular weight excluding hydrogens is 266 g/mol. The Morgan fingerprint density at radius 1 is 1.16 bits per heavy atom. The summed E-state index contributed by atoms with van der Waals surface area (Å²) in [4.78, 5) is 12.3. The van der Waals surface area contributed by atoms with Crippen molar-refractivity contribution in [3.63, 3.8) is 0 Å². The van der Waals surface area contributed by atoms with Gasteiger partial charge >= 0.3 is 0 Å². The molecule has 0 saturated heterocycles. The lowest BCUT2D eigenvalue weighted by Gasteiger charge is -2.26. The Morgan fingerprint density at radius 3 is 2.37 bits per heavy atom. The standard InChI is InChI=1S/C12H20ClN5O/c1-2-14-10-16-9(13)17-11(18-10)15-7-12(8-19)5-3-4-6-12/h19H,2-8H2,1H3,(H2,14,15,16,17,18). The van der Waals surface area contributed by atoms with E-state index in [0.29, 0.717) is 18.4 Å². The number of hydrogen-bond donors (Lipinski definition) is 3. The van der Waals surface area contributed by atoms with Gasteiger partial charge in [0.2, 0.25) is 17.2 Å². The molecule has 2 rings (SSSR count). The van der Waals surface area contributed by atoms with Gasteiger partial charge in [0.15, 0.2) is 0 Å². The number of halogens is 1. The lowest BCUT2D eigenvalue weighted by molar-refractivity contribution is 0.142. The molecular formula is C12H20ClN5O. The maximum absolute atomic E-state index is 9.56. The lowest BCUT2D eigenvalue weighted by atomic mass is 9.87. The van der Waals surface area contributed by atoms with E-state index in [2.05, 4.69) is 25.6 Å². The largest absolute Gasteiger partial charge is 0.396 e. The zero-order valence-corrected chi connectivity index (χ0v) is 11.9. The molecule has 0 aliphatic heterocycles. The van der Waals surface area contributed by atoms with Gasteiger partial charge in [0.25, 0.3) is 0 Å². The molecule has 1 saturated carbocycles. The van der Waals surface area contributed by atoms with Crippen LogP contribution in [0, 0.1) is 5.41 Å². The van der Waals surface area contributed by atoms with E-state index in [-0.39, 0.29) is 17.3 Å². The van der Waals surface area contributed by atoms with E-state index in [4.69, 9.17) is 11.6 Å². The minimum atomic E-state index is -0.0442. The third-order valence-electron chi connectivity index (χ3n) is 3.56. The van der Waals surface area contributed by atoms with E-state index in [1.165, 1.54) is 12.8 Å². The number of aliphatic hydroxyl groups is 1. The quantitative estimate of drug-likeness (QED) is 0.741. The Kier molecular flexibility index (Phi) is 4.76. The van der Waals surface area contributed by atoms with Crippen LogP contribution in [0.5, 0.6) is 0 Å². The molecule has 1 aromatic rings. The fourth-order valence-corrected chi connectivity index (χ4v) is 2.61. The highest BCUT2D eigenvalue weighted by atomic mass is 35.5. The molecule has 0 bridgehead atoms. The van der Waals surface area contributed by atoms with Crippen LogP contribution in [-0.2, 0) is 0 Å². The predicted molar refractivity (Wildman–Crippen MR) is 75.5 cm³/mol. The van der Waals surface area contributed by atoms with E-state index >= 15 is 0 Å². The van der Waals surface area contributed by atoms with Crippen LogP contribution in [0.15, 0.2) is 0 Å². The number of rotatable bonds is 6. The topological polar surface area (TPSA) is 83.0 Å². The van der Waals surface area contributed by atoms with Crippen LogP contribution in [0.4, 0.5) is 11.9 Å². The van der Waals surface area contributed by atoms with Crippen LogP contribution in [0.25, 0.3) is 0 Å². The van der Waals surface area contributed by atoms with Crippen molar-refractivity contribution in [2.75, 3.05) is 30.3 Å². The van der Waals surface area contributed by atoms with Gasteiger partial charge in [0.05, 0.1) is 6.61 Å². The van der Waals surface area contributed by atoms with Gasteiger partial charge < -0.3 is 15.7 Å². The summed E-state index contributed by atoms with van der Waals surface area (Å²) < 4.78 is 0. The Bertz CT molecular complexity index is 423. The molecule has 0 atom stereocenters. The summed E-state index contributed by atoms with van der Waals surface area (Å²) in [6, 6.07) is 0. The van der Waals surface area contributed by atoms with Crippen molar-refractivity contribution in [1.82, 2.24) is 15.0 Å². The minimum absolute atomic E-state index is 0.0442. The second-order valence-electron chi connectivity index (χ2n) is 5.00. The maximum Gasteiger partial charge on any atom is 0.228 e. The molecule has 19 heavy (non-hydrogen) atoms. The molecule has 1 fully saturated rings. The maximum atomic E-state index is 9.56. The van der Waals surface area contributed by atoms with E-state index in [1.54, 1.807) is 0 Å². The van der Waals surface area contributed by atoms with Gasteiger partial charge in [0, 0.05) is 18.5 Å². The van der Waals surface area contributed by atoms with Gasteiger partial charge in [-0.1, -0.05) is 12.8 Å². The Morgan fingerprint density at radius 2 is 1.79 bits per heavy atom. The van der Waals surface area contributed by atoms with Gasteiger partial charge in [-0.25, -0.2) is 0 Å². The molecule has 106 valence electrons. The monoisotopic (exact) mass is 285 g/mol. The summed E-state index contributed by atoms with van der Waals surface area (Å²) in [5.41, 5.74) is -0.0442. The molecule has 0 radical (unpaired) electrons. The summed E-state index contributed by atoms with van der Waals surface area (Å²) in [7, 11) is 0. The van der Waals surface area contributed by atoms with Crippen molar-refractivity contribution in [3.05, 3.63) is 5.28 Å². The first-order chi connectivity index (χ1) is 9.17. The molecule has 1 aliphatic rings. The molecule has 0 unspecified atom stereocenters. The van der Waals surface area contributed by atoms with Crippen molar-refractivity contribution in [2.45, 2.75) is 32.6 Å². The van der Waals surface area contributed by atoms with Crippen LogP contribution in [0.2, 0.25) is 5.28 Å². The van der Waals surface area contributed by atoms with Crippen molar-refractivity contribution < 1.29 is 5.11 Å². The average molecular weight is 286 g/mol. The van der Waals surface area contributed by atoms with E-state index < -0.39 is 0 Å². The summed E-state index contributed by atoms with van der Waals surface area (Å²) in [5, 5.41) is 15.9. The second kappa shape index (κ2) is 6.34. The zero-order chi connectivity index (χ0) is 13.7. The van der Waals surface area contributed by atoms with Crippen molar-refractivity contribution >= 4 is 23.5 Å². The molecule has 0 spiro atoms. The van der Waals surface area contributed by atoms with Gasteiger partial charge in [-0.3, -0.25) is 0 Å². The Labute approximate surface area is 118 Å². The lowest BCUT2D eigenvalue weighted by Crippen LogP contribution is -2.31. The predicted octanol–water partition coefficient (Wildman–Crippen LogP) is 1.92. The molecule has 7 heteroatoms. The molecule has 1 aliphatic carbocycles. The normalized spacial score (nSPS) is 17.4. The fourth-order valence-electron chi connectivity index (χ4n) is 2.45. The van der Waals surface area contributed by atoms with Gasteiger partial charge in [-0.15, -0.1) is 0 Å². The molecule has 3 N–H and O–H groups in total. The minimum Gasteiger partial charge on any atom is -0.396 e. The summed E-state index contributed by atoms with van der Waals surface area (Å²) in [5.74, 6) is 0.921. The van der Waals surface area contributed by atoms with Crippen LogP contribution < -0.4 is 10.6 Å². The number of hydrogen-bond acceptors (Lipinski definition) is 6. The fraction of sp³-hybridized carbons (Fsp3) is 0.750. The number of anilines is 2. The first-order valence-electron chi connectivity index (χ1n) is 6.68. The van der Waals surface area contributed by atoms with Gasteiger partial charge in [-0.05, 0) is 31.4 Å². The highest BCUT2D eigenvalue weighted by molar-refractivity contribution is 6.28. The first-order valence-corrected chi connectivity index (χ1v) is 7.05. The van der Waals surface area contributed by atoms with Gasteiger partial charge in [0.1, 0.15) is 0 Å². The van der Waals surface area contributed by atoms with Crippen molar-refractivity contribution in [2.24, 2.45) is 5.41 Å². The summed E-state index contributed by atoms with van der Waals surface area (Å²) >= 11 is 5.86. The average Bonchev–Trinajstić information content (AvgIpc) is 2.86. The van der Waals surface area contributed by atoms with E-state index in [1.807, 2.05) is 6.92 Å². The number of aliphatic hydroxyl groups excluding tert-OH is 1. The smallest absolute Gasteiger partial charge is 0.228 e. The van der Waals surface area contributed by atoms with Crippen LogP contribution in [0.3, 0.4) is 0 Å². The van der Waals surface area contributed by atoms with Crippen LogP contribution >= 0.6 is 11.6 Å². The highest BCUT2D eigenvalue weighted by Gasteiger charge is 2.33. The van der Waals surface area contributed by atoms with E-state index in [9.17, 15) is 5.11 Å². The van der Waals surface area contributed by atoms with Crippen molar-refractivity contribution in [1.29, 1.82) is 0 Å². The third kappa shape index (κ3) is 3.67. The Balaban J connectivity index is 2.02. The number of nitrogens with zero attached hydrogens (tertiary/aromatic N) is 3. The summed E-state index contributed by atoms with van der Waals surface area (Å²) in [6.45, 7) is 3.54. The SMILES string of the molecule is CCNc1nc(Cl)nc(NCC2(CO)CCCC2)n1. The number of nitrogens with one attached hydrogen (secondary N) is 2. The molecule has 6 nitrogen and oxygen atoms in total. The van der Waals surface area contributed by atoms with Crippen molar-refractivity contribution in [3.8, 4) is 0 Å². The number of aromatic nitrogens is 3. The zero-order valence-electron chi connectivity index (χ0n) is 11.1. The molecule has 0 amide bonds. The first kappa shape index (κ1) is 14.3. The summed E-state index contributed by atoms with van der Waals surface area (Å²) in [6.07, 6.45) is 4.41. The highest BCUT2D eigenvalue weighted by Crippen LogP contribution is 2.37. The third-order valence-corrected chi connectivity index (χ3v) is 3.73.